The van der Waals surface area contributed by atoms with Crippen molar-refractivity contribution in [3.8, 4) is 5.75 Å². The molecular formula is C11H11I3NO2SV. The molecule has 1 heterocycles. The number of thiazole rings is 1. The summed E-state index contributed by atoms with van der Waals surface area (Å²) < 4.78 is 4.93. The van der Waals surface area contributed by atoms with Crippen LogP contribution in [-0.4, -0.2) is 23.6 Å². The van der Waals surface area contributed by atoms with Crippen molar-refractivity contribution in [3.05, 3.63) is 22.7 Å². The summed E-state index contributed by atoms with van der Waals surface area (Å²) >= 11 is 8.83. The summed E-state index contributed by atoms with van der Waals surface area (Å²) in [5, 5.41) is 4.89. The van der Waals surface area contributed by atoms with E-state index >= 15 is 0 Å². The van der Waals surface area contributed by atoms with E-state index in [0.717, 1.165) is 21.5 Å². The van der Waals surface area contributed by atoms with Crippen LogP contribution in [-0.2, 0) is 3.34 Å². The monoisotopic (exact) mass is 653 g/mol. The molecule has 0 aliphatic rings. The molecule has 8 heteroatoms. The van der Waals surface area contributed by atoms with Crippen molar-refractivity contribution in [3.63, 3.8) is 0 Å². The summed E-state index contributed by atoms with van der Waals surface area (Å²) in [6.07, 6.45) is 0.785. The van der Waals surface area contributed by atoms with Gasteiger partial charge in [-0.1, -0.05) is 0 Å². The second kappa shape index (κ2) is 8.02. The molecule has 0 aliphatic heterocycles. The molecule has 0 fully saturated rings. The molecule has 0 spiro atoms. The molecular weight excluding hydrogens is 642 g/mol. The van der Waals surface area contributed by atoms with Crippen molar-refractivity contribution >= 4 is 93.0 Å². The van der Waals surface area contributed by atoms with Gasteiger partial charge in [0.05, 0.1) is 27.9 Å². The number of methoxy groups -OCH3 is 1. The molecule has 1 aromatic carbocycles. The molecule has 2 aromatic rings. The van der Waals surface area contributed by atoms with Gasteiger partial charge < -0.3 is 4.74 Å². The summed E-state index contributed by atoms with van der Waals surface area (Å²) in [4.78, 5) is 15.0. The van der Waals surface area contributed by atoms with E-state index in [2.05, 4.69) is 70.2 Å². The number of carbonyl (C=O) groups excluding carboxylic acids is 1. The number of aromatic nitrogens is 1. The Kier molecular flexibility index (Phi) is 7.71. The van der Waals surface area contributed by atoms with Crippen molar-refractivity contribution in [2.45, 2.75) is 6.92 Å². The van der Waals surface area contributed by atoms with Crippen LogP contribution < -0.4 is 4.74 Å². The van der Waals surface area contributed by atoms with Gasteiger partial charge in [0, 0.05) is 6.07 Å². The molecule has 0 N–H and O–H groups in total. The number of nitrogens with zero attached hydrogens (tertiary/aromatic N) is 1. The van der Waals surface area contributed by atoms with Gasteiger partial charge in [-0.15, -0.1) is 11.3 Å². The van der Waals surface area contributed by atoms with Gasteiger partial charge in [-0.05, 0) is 13.0 Å². The van der Waals surface area contributed by atoms with Gasteiger partial charge in [0.25, 0.3) is 0 Å². The van der Waals surface area contributed by atoms with Crippen LogP contribution in [0.5, 0.6) is 5.75 Å². The van der Waals surface area contributed by atoms with Crippen LogP contribution in [0.3, 0.4) is 0 Å². The Hall–Kier alpha value is 1.22. The summed E-state index contributed by atoms with van der Waals surface area (Å²) in [5.74, 6) is 0.608. The Morgan fingerprint density at radius 2 is 2.00 bits per heavy atom. The Morgan fingerprint density at radius 3 is 2.47 bits per heavy atom. The average Bonchev–Trinajstić information content (AvgIpc) is 2.63. The third kappa shape index (κ3) is 6.68. The molecule has 0 saturated heterocycles. The van der Waals surface area contributed by atoms with E-state index in [9.17, 15) is 4.79 Å². The number of benzene rings is 1. The van der Waals surface area contributed by atoms with E-state index in [1.54, 1.807) is 24.5 Å². The molecule has 1 aromatic heterocycles. The van der Waals surface area contributed by atoms with Gasteiger partial charge in [-0.25, -0.2) is 4.98 Å². The number of ether oxygens (including phenoxy) is 1. The van der Waals surface area contributed by atoms with Gasteiger partial charge in [0.15, 0.2) is 6.29 Å². The van der Waals surface area contributed by atoms with Crippen molar-refractivity contribution in [1.82, 2.24) is 4.98 Å². The SMILES string of the molecule is COc1cc2sc(C)nc2cc1C=O.[CH2]=[V]([I])([I])[I]. The number of aldehydes is 1. The number of hydrogen-bond donors (Lipinski definition) is 0. The molecule has 0 aliphatic carbocycles. The standard InChI is InChI=1S/C10H9NO2S.CH2.3HI.V/c1-6-11-8-3-7(5-12)9(13-2)4-10(8)14-6;;;;;/h3-5H,1-2H3;1H2;3*1H;/q;;;;;+3/p-3. The van der Waals surface area contributed by atoms with E-state index in [0.29, 0.717) is 11.3 Å². The number of fused-ring (bicyclic) bond motifs is 1. The zero-order valence-corrected chi connectivity index (χ0v) is 18.9. The second-order valence-electron chi connectivity index (χ2n) is 3.46. The van der Waals surface area contributed by atoms with Crippen molar-refractivity contribution in [2.24, 2.45) is 0 Å². The molecule has 3 nitrogen and oxygen atoms in total. The molecule has 0 atom stereocenters. The second-order valence-corrected chi connectivity index (χ2v) is 49.6. The molecule has 0 unspecified atom stereocenters. The Labute approximate surface area is 151 Å². The predicted molar refractivity (Wildman–Crippen MR) is 105 cm³/mol. The Morgan fingerprint density at radius 1 is 1.42 bits per heavy atom. The van der Waals surface area contributed by atoms with Gasteiger partial charge in [-0.3, -0.25) is 4.79 Å². The molecule has 19 heavy (non-hydrogen) atoms. The van der Waals surface area contributed by atoms with Crippen molar-refractivity contribution in [1.29, 1.82) is 0 Å². The van der Waals surface area contributed by atoms with E-state index in [-0.39, 0.29) is 0 Å². The first-order chi connectivity index (χ1) is 8.74. The normalized spacial score (nSPS) is 10.8. The summed E-state index contributed by atoms with van der Waals surface area (Å²) in [7, 11) is 1.56. The van der Waals surface area contributed by atoms with Gasteiger partial charge in [0.2, 0.25) is 0 Å². The van der Waals surface area contributed by atoms with Gasteiger partial charge >= 0.3 is 68.5 Å². The Balaban J connectivity index is 0.000000312. The molecule has 104 valence electrons. The fourth-order valence-electron chi connectivity index (χ4n) is 1.36. The number of aryl methyl sites for hydroxylation is 1. The number of halogens is 3. The number of hydrogen-bond acceptors (Lipinski definition) is 4. The van der Waals surface area contributed by atoms with Crippen LogP contribution in [0.15, 0.2) is 12.1 Å². The predicted octanol–water partition coefficient (Wildman–Crippen LogP) is 5.05. The van der Waals surface area contributed by atoms with Crippen molar-refractivity contribution in [2.75, 3.05) is 7.11 Å². The van der Waals surface area contributed by atoms with E-state index in [4.69, 9.17) is 4.74 Å². The average molecular weight is 653 g/mol. The van der Waals surface area contributed by atoms with Crippen LogP contribution in [0.4, 0.5) is 0 Å². The summed E-state index contributed by atoms with van der Waals surface area (Å²) in [6.45, 7) is 1.94. The molecule has 0 amide bonds. The topological polar surface area (TPSA) is 39.2 Å². The summed E-state index contributed by atoms with van der Waals surface area (Å²) in [6, 6.07) is 3.61. The zero-order valence-electron chi connectivity index (χ0n) is 10.2. The van der Waals surface area contributed by atoms with Crippen LogP contribution >= 0.6 is 71.3 Å². The third-order valence-electron chi connectivity index (χ3n) is 1.97. The van der Waals surface area contributed by atoms with Gasteiger partial charge in [0.1, 0.15) is 5.75 Å². The fraction of sp³-hybridized carbons (Fsp3) is 0.182. The first-order valence-corrected chi connectivity index (χ1v) is 20.3. The number of rotatable bonds is 2. The van der Waals surface area contributed by atoms with Crippen LogP contribution in [0.25, 0.3) is 10.2 Å². The van der Waals surface area contributed by atoms with E-state index < -0.39 is 3.34 Å². The minimum absolute atomic E-state index is 0.547. The molecule has 0 bridgehead atoms. The molecule has 0 radical (unpaired) electrons. The van der Waals surface area contributed by atoms with E-state index in [1.807, 2.05) is 13.0 Å². The first-order valence-electron chi connectivity index (χ1n) is 4.97. The fourth-order valence-corrected chi connectivity index (χ4v) is 2.19. The zero-order chi connectivity index (χ0) is 14.6. The van der Waals surface area contributed by atoms with Crippen LogP contribution in [0, 0.1) is 6.92 Å². The first kappa shape index (κ1) is 18.3. The summed E-state index contributed by atoms with van der Waals surface area (Å²) in [5.41, 5.74) is 1.40. The van der Waals surface area contributed by atoms with Crippen molar-refractivity contribution < 1.29 is 12.9 Å². The van der Waals surface area contributed by atoms with Gasteiger partial charge in [-0.2, -0.15) is 0 Å². The maximum atomic E-state index is 10.7. The Bertz CT molecular complexity index is 630. The minimum atomic E-state index is -1.22. The maximum absolute atomic E-state index is 10.7. The third-order valence-corrected chi connectivity index (χ3v) is 2.91. The van der Waals surface area contributed by atoms with Crippen LogP contribution in [0.2, 0.25) is 0 Å². The quantitative estimate of drug-likeness (QED) is 0.337. The van der Waals surface area contributed by atoms with Crippen LogP contribution in [0.1, 0.15) is 15.4 Å². The van der Waals surface area contributed by atoms with E-state index in [1.165, 1.54) is 0 Å². The molecule has 2 rings (SSSR count). The number of carbonyl (C=O) groups is 1. The molecule has 0 saturated carbocycles.